The van der Waals surface area contributed by atoms with Gasteiger partial charge >= 0.3 is 0 Å². The van der Waals surface area contributed by atoms with Gasteiger partial charge in [-0.25, -0.2) is 8.42 Å². The van der Waals surface area contributed by atoms with Crippen LogP contribution in [0.3, 0.4) is 0 Å². The molecule has 1 aliphatic carbocycles. The molecule has 2 heterocycles. The molecule has 1 N–H and O–H groups in total. The van der Waals surface area contributed by atoms with E-state index in [9.17, 15) is 13.2 Å². The number of hydrogen-bond donors (Lipinski definition) is 1. The summed E-state index contributed by atoms with van der Waals surface area (Å²) in [6.07, 6.45) is 6.40. The van der Waals surface area contributed by atoms with Crippen LogP contribution in [0.25, 0.3) is 11.3 Å². The van der Waals surface area contributed by atoms with Crippen LogP contribution in [-0.2, 0) is 10.0 Å². The Bertz CT molecular complexity index is 1100. The molecule has 0 saturated heterocycles. The van der Waals surface area contributed by atoms with Crippen molar-refractivity contribution in [3.8, 4) is 11.3 Å². The van der Waals surface area contributed by atoms with Crippen LogP contribution in [-0.4, -0.2) is 31.3 Å². The Balaban J connectivity index is 1.81. The molecule has 0 aliphatic heterocycles. The molecule has 0 spiro atoms. The Morgan fingerprint density at radius 2 is 2.15 bits per heavy atom. The van der Waals surface area contributed by atoms with Gasteiger partial charge < -0.3 is 5.32 Å². The van der Waals surface area contributed by atoms with Crippen LogP contribution < -0.4 is 5.32 Å². The van der Waals surface area contributed by atoms with E-state index < -0.39 is 10.0 Å². The van der Waals surface area contributed by atoms with Crippen LogP contribution in [0.1, 0.15) is 21.7 Å². The second kappa shape index (κ2) is 7.87. The van der Waals surface area contributed by atoms with Gasteiger partial charge in [0.1, 0.15) is 0 Å². The first-order valence-corrected chi connectivity index (χ1v) is 11.4. The number of pyridine rings is 1. The van der Waals surface area contributed by atoms with Crippen molar-refractivity contribution in [1.82, 2.24) is 10.3 Å². The number of allylic oxidation sites excluding steroid dienone is 3. The summed E-state index contributed by atoms with van der Waals surface area (Å²) in [5.41, 5.74) is 3.60. The molecule has 27 heavy (non-hydrogen) atoms. The van der Waals surface area contributed by atoms with Crippen LogP contribution in [0.4, 0.5) is 0 Å². The molecule has 0 bridgehead atoms. The number of aryl methyl sites for hydroxylation is 1. The number of sulfonamides is 1. The molecule has 2 aromatic heterocycles. The number of nitrogens with zero attached hydrogens (tertiary/aromatic N) is 2. The van der Waals surface area contributed by atoms with Crippen molar-refractivity contribution in [3.63, 3.8) is 0 Å². The molecule has 0 fully saturated rings. The van der Waals surface area contributed by atoms with Crippen molar-refractivity contribution >= 4 is 48.9 Å². The Morgan fingerprint density at radius 1 is 1.37 bits per heavy atom. The summed E-state index contributed by atoms with van der Waals surface area (Å²) in [6, 6.07) is 5.63. The Morgan fingerprint density at radius 3 is 2.85 bits per heavy atom. The van der Waals surface area contributed by atoms with Crippen LogP contribution in [0, 0.1) is 6.92 Å². The van der Waals surface area contributed by atoms with Crippen molar-refractivity contribution in [1.29, 1.82) is 0 Å². The molecule has 0 aromatic carbocycles. The Hall–Kier alpha value is -2.10. The molecule has 3 rings (SSSR count). The minimum atomic E-state index is -3.50. The number of carbonyl (C=O) groups excluding carboxylic acids is 1. The third-order valence-electron chi connectivity index (χ3n) is 3.63. The lowest BCUT2D eigenvalue weighted by molar-refractivity contribution is 0.0971. The van der Waals surface area contributed by atoms with Gasteiger partial charge in [-0.3, -0.25) is 9.78 Å². The predicted molar refractivity (Wildman–Crippen MR) is 112 cm³/mol. The standard InChI is InChI=1S/C18H16BrN3O3S2/c1-11-4-3-5-20-17(11)12-6-16(26-10-12)18(23)21-14-7-13(19)8-15(9-14)22-27(2,24)25/h3-7,9-10H,8H2,1-2H3,(H,21,23). The van der Waals surface area contributed by atoms with Gasteiger partial charge in [-0.15, -0.1) is 11.3 Å². The second-order valence-electron chi connectivity index (χ2n) is 6.01. The highest BCUT2D eigenvalue weighted by Crippen LogP contribution is 2.27. The number of halogens is 1. The molecule has 1 aliphatic rings. The fourth-order valence-electron chi connectivity index (χ4n) is 2.57. The smallest absolute Gasteiger partial charge is 0.265 e. The highest BCUT2D eigenvalue weighted by atomic mass is 79.9. The summed E-state index contributed by atoms with van der Waals surface area (Å²) < 4.78 is 27.2. The zero-order chi connectivity index (χ0) is 19.6. The van der Waals surface area contributed by atoms with Gasteiger partial charge in [-0.05, 0) is 36.8 Å². The normalized spacial score (nSPS) is 16.0. The van der Waals surface area contributed by atoms with Gasteiger partial charge in [-0.1, -0.05) is 22.0 Å². The van der Waals surface area contributed by atoms with Crippen molar-refractivity contribution in [2.75, 3.05) is 6.26 Å². The fraction of sp³-hybridized carbons (Fsp3) is 0.167. The molecule has 140 valence electrons. The summed E-state index contributed by atoms with van der Waals surface area (Å²) in [6.45, 7) is 1.97. The molecular formula is C18H16BrN3O3S2. The first kappa shape index (κ1) is 19.7. The van der Waals surface area contributed by atoms with Crippen molar-refractivity contribution < 1.29 is 13.2 Å². The first-order chi connectivity index (χ1) is 12.7. The van der Waals surface area contributed by atoms with Gasteiger partial charge in [0, 0.05) is 33.7 Å². The monoisotopic (exact) mass is 465 g/mol. The Kier molecular flexibility index (Phi) is 5.73. The molecule has 9 heteroatoms. The van der Waals surface area contributed by atoms with E-state index in [2.05, 4.69) is 30.6 Å². The number of amides is 1. The summed E-state index contributed by atoms with van der Waals surface area (Å²) in [4.78, 5) is 17.5. The zero-order valence-electron chi connectivity index (χ0n) is 14.6. The number of thiophene rings is 1. The van der Waals surface area contributed by atoms with E-state index in [4.69, 9.17) is 0 Å². The predicted octanol–water partition coefficient (Wildman–Crippen LogP) is 3.82. The average Bonchev–Trinajstić information content (AvgIpc) is 3.03. The summed E-state index contributed by atoms with van der Waals surface area (Å²) in [5.74, 6) is -0.275. The van der Waals surface area contributed by atoms with Gasteiger partial charge in [0.15, 0.2) is 0 Å². The van der Waals surface area contributed by atoms with E-state index in [0.29, 0.717) is 22.7 Å². The zero-order valence-corrected chi connectivity index (χ0v) is 17.8. The minimum Gasteiger partial charge on any atom is -0.321 e. The van der Waals surface area contributed by atoms with Gasteiger partial charge in [0.25, 0.3) is 5.91 Å². The third-order valence-corrected chi connectivity index (χ3v) is 5.64. The maximum Gasteiger partial charge on any atom is 0.265 e. The van der Waals surface area contributed by atoms with Crippen molar-refractivity contribution in [2.45, 2.75) is 13.3 Å². The topological polar surface area (TPSA) is 88.5 Å². The maximum absolute atomic E-state index is 12.6. The quantitative estimate of drug-likeness (QED) is 0.742. The van der Waals surface area contributed by atoms with Crippen molar-refractivity contribution in [3.05, 3.63) is 62.5 Å². The van der Waals surface area contributed by atoms with E-state index in [-0.39, 0.29) is 5.91 Å². The molecule has 0 saturated carbocycles. The second-order valence-corrected chi connectivity index (χ2v) is 9.58. The fourth-order valence-corrected chi connectivity index (χ4v) is 4.43. The lowest BCUT2D eigenvalue weighted by Gasteiger charge is -2.12. The number of hydrogen-bond acceptors (Lipinski definition) is 5. The largest absolute Gasteiger partial charge is 0.321 e. The first-order valence-electron chi connectivity index (χ1n) is 7.90. The summed E-state index contributed by atoms with van der Waals surface area (Å²) in [7, 11) is -3.50. The number of rotatable bonds is 4. The van der Waals surface area contributed by atoms with Crippen LogP contribution in [0.5, 0.6) is 0 Å². The molecule has 1 amide bonds. The lowest BCUT2D eigenvalue weighted by atomic mass is 10.1. The highest BCUT2D eigenvalue weighted by molar-refractivity contribution is 9.11. The highest BCUT2D eigenvalue weighted by Gasteiger charge is 2.16. The van der Waals surface area contributed by atoms with E-state index >= 15 is 0 Å². The molecular weight excluding hydrogens is 450 g/mol. The summed E-state index contributed by atoms with van der Waals surface area (Å²) in [5, 5.41) is 4.68. The van der Waals surface area contributed by atoms with Crippen molar-refractivity contribution in [2.24, 2.45) is 4.40 Å². The molecule has 2 aromatic rings. The van der Waals surface area contributed by atoms with E-state index in [0.717, 1.165) is 27.6 Å². The van der Waals surface area contributed by atoms with Crippen LogP contribution in [0.2, 0.25) is 0 Å². The van der Waals surface area contributed by atoms with Crippen LogP contribution >= 0.6 is 27.3 Å². The van der Waals surface area contributed by atoms with Crippen LogP contribution in [0.15, 0.2) is 56.5 Å². The Labute approximate surface area is 169 Å². The van der Waals surface area contributed by atoms with Gasteiger partial charge in [0.05, 0.1) is 22.5 Å². The van der Waals surface area contributed by atoms with Gasteiger partial charge in [-0.2, -0.15) is 4.40 Å². The minimum absolute atomic E-state index is 0.275. The average molecular weight is 466 g/mol. The molecule has 0 atom stereocenters. The third kappa shape index (κ3) is 5.21. The lowest BCUT2D eigenvalue weighted by Crippen LogP contribution is -2.23. The maximum atomic E-state index is 12.6. The molecule has 0 radical (unpaired) electrons. The van der Waals surface area contributed by atoms with E-state index in [1.54, 1.807) is 24.4 Å². The number of carbonyl (C=O) groups is 1. The van der Waals surface area contributed by atoms with E-state index in [1.165, 1.54) is 11.3 Å². The van der Waals surface area contributed by atoms with E-state index in [1.807, 2.05) is 24.4 Å². The SMILES string of the molecule is Cc1cccnc1-c1csc(C(=O)NC2=CC(=NS(C)(=O)=O)CC(Br)=C2)c1. The summed E-state index contributed by atoms with van der Waals surface area (Å²) >= 11 is 4.68. The molecule has 0 unspecified atom stereocenters. The van der Waals surface area contributed by atoms with Gasteiger partial charge in [0.2, 0.25) is 10.0 Å². The molecule has 6 nitrogen and oxygen atoms in total. The number of nitrogens with one attached hydrogen (secondary N) is 1. The number of aromatic nitrogens is 1.